The maximum absolute atomic E-state index is 5.56. The first-order valence-corrected chi connectivity index (χ1v) is 7.39. The molecule has 0 amide bonds. The fourth-order valence-electron chi connectivity index (χ4n) is 2.72. The quantitative estimate of drug-likeness (QED) is 0.815. The van der Waals surface area contributed by atoms with Crippen molar-refractivity contribution in [3.8, 4) is 5.75 Å². The molecule has 1 aromatic heterocycles. The van der Waals surface area contributed by atoms with Crippen LogP contribution in [-0.2, 0) is 0 Å². The molecule has 2 unspecified atom stereocenters. The van der Waals surface area contributed by atoms with Gasteiger partial charge < -0.3 is 10.1 Å². The molecule has 3 heteroatoms. The van der Waals surface area contributed by atoms with Crippen molar-refractivity contribution in [1.82, 2.24) is 10.3 Å². The Kier molecular flexibility index (Phi) is 4.46. The maximum Gasteiger partial charge on any atom is 0.137 e. The van der Waals surface area contributed by atoms with E-state index in [0.717, 1.165) is 18.7 Å². The second-order valence-corrected chi connectivity index (χ2v) is 6.12. The van der Waals surface area contributed by atoms with Crippen molar-refractivity contribution in [1.29, 1.82) is 0 Å². The molecule has 2 rings (SSSR count). The molecular formula is C16H26N2O. The predicted octanol–water partition coefficient (Wildman–Crippen LogP) is 3.57. The first-order valence-electron chi connectivity index (χ1n) is 7.39. The molecule has 1 heterocycles. The highest BCUT2D eigenvalue weighted by atomic mass is 16.5. The molecule has 0 saturated heterocycles. The molecule has 106 valence electrons. The van der Waals surface area contributed by atoms with Crippen molar-refractivity contribution >= 4 is 0 Å². The van der Waals surface area contributed by atoms with Gasteiger partial charge in [-0.15, -0.1) is 0 Å². The van der Waals surface area contributed by atoms with Crippen LogP contribution in [0.15, 0.2) is 18.5 Å². The molecule has 1 aromatic rings. The molecular weight excluding hydrogens is 236 g/mol. The van der Waals surface area contributed by atoms with Crippen LogP contribution >= 0.6 is 0 Å². The van der Waals surface area contributed by atoms with Gasteiger partial charge in [0.25, 0.3) is 0 Å². The number of pyridine rings is 1. The highest BCUT2D eigenvalue weighted by Crippen LogP contribution is 2.57. The largest absolute Gasteiger partial charge is 0.492 e. The standard InChI is InChI=1S/C16H26N2O/c1-5-7-18-15(14-9-16(14,3)4)12-8-13(19-6-2)11-17-10-12/h8,10-11,14-15,18H,5-7,9H2,1-4H3. The SMILES string of the molecule is CCCNC(c1cncc(OCC)c1)C1CC1(C)C. The molecule has 0 aromatic carbocycles. The number of hydrogen-bond acceptors (Lipinski definition) is 3. The maximum atomic E-state index is 5.56. The van der Waals surface area contributed by atoms with E-state index < -0.39 is 0 Å². The van der Waals surface area contributed by atoms with Gasteiger partial charge in [0.1, 0.15) is 5.75 Å². The molecule has 0 radical (unpaired) electrons. The fourth-order valence-corrected chi connectivity index (χ4v) is 2.72. The molecule has 1 aliphatic rings. The lowest BCUT2D eigenvalue weighted by atomic mass is 9.98. The Morgan fingerprint density at radius 1 is 1.42 bits per heavy atom. The number of nitrogens with zero attached hydrogens (tertiary/aromatic N) is 1. The minimum Gasteiger partial charge on any atom is -0.492 e. The zero-order valence-electron chi connectivity index (χ0n) is 12.6. The Morgan fingerprint density at radius 3 is 2.74 bits per heavy atom. The van der Waals surface area contributed by atoms with Crippen LogP contribution in [0.4, 0.5) is 0 Å². The van der Waals surface area contributed by atoms with Crippen LogP contribution in [0.1, 0.15) is 52.1 Å². The van der Waals surface area contributed by atoms with Crippen LogP contribution in [-0.4, -0.2) is 18.1 Å². The molecule has 1 fully saturated rings. The first kappa shape index (κ1) is 14.3. The first-order chi connectivity index (χ1) is 9.08. The summed E-state index contributed by atoms with van der Waals surface area (Å²) in [5.74, 6) is 1.58. The van der Waals surface area contributed by atoms with Crippen molar-refractivity contribution in [2.24, 2.45) is 11.3 Å². The van der Waals surface area contributed by atoms with Gasteiger partial charge in [-0.1, -0.05) is 20.8 Å². The van der Waals surface area contributed by atoms with Crippen molar-refractivity contribution < 1.29 is 4.74 Å². The lowest BCUT2D eigenvalue weighted by Gasteiger charge is -2.21. The molecule has 2 atom stereocenters. The fraction of sp³-hybridized carbons (Fsp3) is 0.688. The van der Waals surface area contributed by atoms with Crippen molar-refractivity contribution in [3.63, 3.8) is 0 Å². The summed E-state index contributed by atoms with van der Waals surface area (Å²) in [5, 5.41) is 3.68. The number of aromatic nitrogens is 1. The van der Waals surface area contributed by atoms with Gasteiger partial charge in [-0.25, -0.2) is 0 Å². The van der Waals surface area contributed by atoms with Gasteiger partial charge in [-0.2, -0.15) is 0 Å². The van der Waals surface area contributed by atoms with Gasteiger partial charge >= 0.3 is 0 Å². The summed E-state index contributed by atoms with van der Waals surface area (Å²) in [6, 6.07) is 2.54. The van der Waals surface area contributed by atoms with E-state index in [-0.39, 0.29) is 0 Å². The Labute approximate surface area is 116 Å². The molecule has 0 aliphatic heterocycles. The Balaban J connectivity index is 2.15. The summed E-state index contributed by atoms with van der Waals surface area (Å²) >= 11 is 0. The van der Waals surface area contributed by atoms with Crippen LogP contribution in [0.2, 0.25) is 0 Å². The van der Waals surface area contributed by atoms with Gasteiger partial charge in [-0.3, -0.25) is 4.98 Å². The molecule has 1 aliphatic carbocycles. The van der Waals surface area contributed by atoms with Crippen LogP contribution in [0.25, 0.3) is 0 Å². The van der Waals surface area contributed by atoms with Crippen LogP contribution in [0, 0.1) is 11.3 Å². The average Bonchev–Trinajstić information content (AvgIpc) is 3.00. The Hall–Kier alpha value is -1.09. The third-order valence-electron chi connectivity index (χ3n) is 4.01. The number of hydrogen-bond donors (Lipinski definition) is 1. The molecule has 0 spiro atoms. The zero-order valence-corrected chi connectivity index (χ0v) is 12.6. The van der Waals surface area contributed by atoms with Crippen LogP contribution in [0.3, 0.4) is 0 Å². The Morgan fingerprint density at radius 2 is 2.16 bits per heavy atom. The van der Waals surface area contributed by atoms with Gasteiger partial charge in [-0.05, 0) is 49.3 Å². The summed E-state index contributed by atoms with van der Waals surface area (Å²) in [6.07, 6.45) is 6.21. The third-order valence-corrected chi connectivity index (χ3v) is 4.01. The minimum atomic E-state index is 0.405. The summed E-state index contributed by atoms with van der Waals surface area (Å²) in [6.45, 7) is 10.6. The number of rotatable bonds is 7. The number of nitrogens with one attached hydrogen (secondary N) is 1. The Bertz CT molecular complexity index is 417. The monoisotopic (exact) mass is 262 g/mol. The van der Waals surface area contributed by atoms with E-state index in [2.05, 4.69) is 37.1 Å². The second-order valence-electron chi connectivity index (χ2n) is 6.12. The normalized spacial score (nSPS) is 22.0. The van der Waals surface area contributed by atoms with Gasteiger partial charge in [0.2, 0.25) is 0 Å². The van der Waals surface area contributed by atoms with E-state index in [9.17, 15) is 0 Å². The summed E-state index contributed by atoms with van der Waals surface area (Å²) in [4.78, 5) is 4.33. The lowest BCUT2D eigenvalue weighted by molar-refractivity contribution is 0.336. The second kappa shape index (κ2) is 5.91. The topological polar surface area (TPSA) is 34.2 Å². The molecule has 3 nitrogen and oxygen atoms in total. The van der Waals surface area contributed by atoms with Crippen molar-refractivity contribution in [2.75, 3.05) is 13.2 Å². The van der Waals surface area contributed by atoms with Gasteiger partial charge in [0.05, 0.1) is 12.8 Å². The van der Waals surface area contributed by atoms with Crippen molar-refractivity contribution in [2.45, 2.75) is 46.6 Å². The summed E-state index contributed by atoms with van der Waals surface area (Å²) in [5.41, 5.74) is 1.71. The highest BCUT2D eigenvalue weighted by Gasteiger charge is 2.50. The molecule has 1 saturated carbocycles. The van der Waals surface area contributed by atoms with E-state index in [4.69, 9.17) is 4.74 Å². The lowest BCUT2D eigenvalue weighted by Crippen LogP contribution is -2.25. The van der Waals surface area contributed by atoms with Gasteiger partial charge in [0.15, 0.2) is 0 Å². The van der Waals surface area contributed by atoms with E-state index in [0.29, 0.717) is 24.0 Å². The van der Waals surface area contributed by atoms with E-state index in [1.165, 1.54) is 12.0 Å². The molecule has 19 heavy (non-hydrogen) atoms. The molecule has 0 bridgehead atoms. The van der Waals surface area contributed by atoms with Crippen molar-refractivity contribution in [3.05, 3.63) is 24.0 Å². The van der Waals surface area contributed by atoms with Gasteiger partial charge in [0, 0.05) is 12.2 Å². The van der Waals surface area contributed by atoms with Crippen LogP contribution in [0.5, 0.6) is 5.75 Å². The molecule has 1 N–H and O–H groups in total. The number of ether oxygens (including phenoxy) is 1. The summed E-state index contributed by atoms with van der Waals surface area (Å²) in [7, 11) is 0. The zero-order chi connectivity index (χ0) is 13.9. The van der Waals surface area contributed by atoms with E-state index >= 15 is 0 Å². The third kappa shape index (κ3) is 3.47. The smallest absolute Gasteiger partial charge is 0.137 e. The van der Waals surface area contributed by atoms with E-state index in [1.54, 1.807) is 6.20 Å². The minimum absolute atomic E-state index is 0.405. The highest BCUT2D eigenvalue weighted by molar-refractivity contribution is 5.28. The van der Waals surface area contributed by atoms with Crippen LogP contribution < -0.4 is 10.1 Å². The predicted molar refractivity (Wildman–Crippen MR) is 78.3 cm³/mol. The summed E-state index contributed by atoms with van der Waals surface area (Å²) < 4.78 is 5.56. The average molecular weight is 262 g/mol. The van der Waals surface area contributed by atoms with E-state index in [1.807, 2.05) is 13.1 Å².